The number of carbonyl (C=O) groups is 3. The number of rotatable bonds is 8. The molecule has 1 fully saturated rings. The lowest BCUT2D eigenvalue weighted by atomic mass is 9.97. The van der Waals surface area contributed by atoms with Crippen LogP contribution in [-0.4, -0.2) is 42.4 Å². The van der Waals surface area contributed by atoms with Gasteiger partial charge in [-0.3, -0.25) is 14.4 Å². The van der Waals surface area contributed by atoms with Gasteiger partial charge in [0.05, 0.1) is 30.4 Å². The number of hydrogen-bond donors (Lipinski definition) is 0. The molecule has 0 N–H and O–H groups in total. The standard InChI is InChI=1S/C29H32N2O4S/c1-3-35-29(34)24-9-5-15-30(20-24)27(32)18-22-11-13-25(14-12-22)31(28(33)26-10-6-16-36-26)19-23-8-4-7-21(2)17-23/h4,6-8,10-14,16-17,24H,3,5,9,15,18-20H2,1-2H3. The number of thiophene rings is 1. The van der Waals surface area contributed by atoms with Gasteiger partial charge in [-0.25, -0.2) is 0 Å². The van der Waals surface area contributed by atoms with Crippen molar-refractivity contribution in [1.82, 2.24) is 4.90 Å². The molecule has 188 valence electrons. The molecular weight excluding hydrogens is 472 g/mol. The number of hydrogen-bond acceptors (Lipinski definition) is 5. The van der Waals surface area contributed by atoms with E-state index in [9.17, 15) is 14.4 Å². The smallest absolute Gasteiger partial charge is 0.310 e. The van der Waals surface area contributed by atoms with Crippen molar-refractivity contribution >= 4 is 34.8 Å². The summed E-state index contributed by atoms with van der Waals surface area (Å²) >= 11 is 1.43. The van der Waals surface area contributed by atoms with Crippen LogP contribution in [0.4, 0.5) is 5.69 Å². The lowest BCUT2D eigenvalue weighted by Crippen LogP contribution is -2.43. The Balaban J connectivity index is 1.46. The molecule has 1 unspecified atom stereocenters. The summed E-state index contributed by atoms with van der Waals surface area (Å²) in [4.78, 5) is 42.6. The average Bonchev–Trinajstić information content (AvgIpc) is 3.43. The van der Waals surface area contributed by atoms with E-state index in [0.717, 1.165) is 35.2 Å². The van der Waals surface area contributed by atoms with Crippen LogP contribution in [0.2, 0.25) is 0 Å². The number of carbonyl (C=O) groups excluding carboxylic acids is 3. The Morgan fingerprint density at radius 3 is 2.56 bits per heavy atom. The molecular formula is C29H32N2O4S. The maximum Gasteiger partial charge on any atom is 0.310 e. The minimum absolute atomic E-state index is 0.00280. The fraction of sp³-hybridized carbons (Fsp3) is 0.345. The summed E-state index contributed by atoms with van der Waals surface area (Å²) in [7, 11) is 0. The third-order valence-electron chi connectivity index (χ3n) is 6.40. The van der Waals surface area contributed by atoms with Gasteiger partial charge >= 0.3 is 5.97 Å². The first kappa shape index (κ1) is 25.6. The molecule has 0 spiro atoms. The molecule has 1 atom stereocenters. The molecule has 1 aromatic heterocycles. The van der Waals surface area contributed by atoms with Crippen molar-refractivity contribution in [3.05, 3.63) is 87.6 Å². The topological polar surface area (TPSA) is 66.9 Å². The van der Waals surface area contributed by atoms with Crippen molar-refractivity contribution < 1.29 is 19.1 Å². The monoisotopic (exact) mass is 504 g/mol. The summed E-state index contributed by atoms with van der Waals surface area (Å²) in [5.41, 5.74) is 3.86. The fourth-order valence-electron chi connectivity index (χ4n) is 4.54. The highest BCUT2D eigenvalue weighted by molar-refractivity contribution is 7.12. The van der Waals surface area contributed by atoms with E-state index in [1.165, 1.54) is 11.3 Å². The normalized spacial score (nSPS) is 15.4. The van der Waals surface area contributed by atoms with E-state index >= 15 is 0 Å². The van der Waals surface area contributed by atoms with Crippen molar-refractivity contribution in [2.45, 2.75) is 39.7 Å². The molecule has 1 saturated heterocycles. The van der Waals surface area contributed by atoms with Crippen LogP contribution in [-0.2, 0) is 27.3 Å². The Morgan fingerprint density at radius 2 is 1.86 bits per heavy atom. The predicted octanol–water partition coefficient (Wildman–Crippen LogP) is 5.25. The zero-order chi connectivity index (χ0) is 25.5. The summed E-state index contributed by atoms with van der Waals surface area (Å²) in [6.45, 7) is 5.72. The van der Waals surface area contributed by atoms with Gasteiger partial charge < -0.3 is 14.5 Å². The zero-order valence-corrected chi connectivity index (χ0v) is 21.6. The van der Waals surface area contributed by atoms with Gasteiger partial charge in [-0.1, -0.05) is 48.0 Å². The molecule has 7 heteroatoms. The molecule has 2 aromatic carbocycles. The first-order valence-corrected chi connectivity index (χ1v) is 13.3. The van der Waals surface area contributed by atoms with Gasteiger partial charge in [0, 0.05) is 18.8 Å². The van der Waals surface area contributed by atoms with Crippen LogP contribution in [0.5, 0.6) is 0 Å². The SMILES string of the molecule is CCOC(=O)C1CCCN(C(=O)Cc2ccc(N(Cc3cccc(C)c3)C(=O)c3cccs3)cc2)C1. The molecule has 36 heavy (non-hydrogen) atoms. The van der Waals surface area contributed by atoms with E-state index in [4.69, 9.17) is 4.74 Å². The third-order valence-corrected chi connectivity index (χ3v) is 7.26. The quantitative estimate of drug-likeness (QED) is 0.393. The predicted molar refractivity (Wildman–Crippen MR) is 142 cm³/mol. The number of ether oxygens (including phenoxy) is 1. The molecule has 0 aliphatic carbocycles. The second kappa shape index (κ2) is 12.0. The summed E-state index contributed by atoms with van der Waals surface area (Å²) in [6, 6.07) is 19.5. The number of anilines is 1. The van der Waals surface area contributed by atoms with Crippen molar-refractivity contribution in [3.63, 3.8) is 0 Å². The molecule has 2 heterocycles. The van der Waals surface area contributed by atoms with Gasteiger partial charge in [0.1, 0.15) is 0 Å². The summed E-state index contributed by atoms with van der Waals surface area (Å²) in [5.74, 6) is -0.511. The summed E-state index contributed by atoms with van der Waals surface area (Å²) in [6.07, 6.45) is 1.81. The molecule has 0 bridgehead atoms. The molecule has 1 aliphatic rings. The molecule has 0 saturated carbocycles. The van der Waals surface area contributed by atoms with Crippen molar-refractivity contribution in [3.8, 4) is 0 Å². The van der Waals surface area contributed by atoms with E-state index < -0.39 is 0 Å². The average molecular weight is 505 g/mol. The maximum atomic E-state index is 13.3. The molecule has 6 nitrogen and oxygen atoms in total. The van der Waals surface area contributed by atoms with Crippen LogP contribution in [0.15, 0.2) is 66.0 Å². The fourth-order valence-corrected chi connectivity index (χ4v) is 5.21. The van der Waals surface area contributed by atoms with E-state index in [1.807, 2.05) is 66.9 Å². The van der Waals surface area contributed by atoms with Gasteiger partial charge in [0.15, 0.2) is 0 Å². The van der Waals surface area contributed by atoms with Gasteiger partial charge in [-0.15, -0.1) is 11.3 Å². The molecule has 2 amide bonds. The second-order valence-corrected chi connectivity index (χ2v) is 10.1. The number of benzene rings is 2. The Labute approximate surface area is 216 Å². The third kappa shape index (κ3) is 6.40. The van der Waals surface area contributed by atoms with Crippen LogP contribution < -0.4 is 4.90 Å². The Kier molecular flexibility index (Phi) is 8.54. The minimum atomic E-state index is -0.247. The van der Waals surface area contributed by atoms with Gasteiger partial charge in [-0.05, 0) is 61.4 Å². The van der Waals surface area contributed by atoms with E-state index in [0.29, 0.717) is 31.1 Å². The summed E-state index contributed by atoms with van der Waals surface area (Å²) < 4.78 is 5.15. The lowest BCUT2D eigenvalue weighted by Gasteiger charge is -2.31. The molecule has 0 radical (unpaired) electrons. The van der Waals surface area contributed by atoms with Crippen LogP contribution >= 0.6 is 11.3 Å². The second-order valence-electron chi connectivity index (χ2n) is 9.13. The van der Waals surface area contributed by atoms with Crippen LogP contribution in [0, 0.1) is 12.8 Å². The number of likely N-dealkylation sites (tertiary alicyclic amines) is 1. The number of piperidine rings is 1. The Bertz CT molecular complexity index is 1190. The van der Waals surface area contributed by atoms with E-state index in [1.54, 1.807) is 16.7 Å². The lowest BCUT2D eigenvalue weighted by molar-refractivity contribution is -0.151. The van der Waals surface area contributed by atoms with Crippen molar-refractivity contribution in [2.75, 3.05) is 24.6 Å². The van der Waals surface area contributed by atoms with Crippen LogP contribution in [0.1, 0.15) is 46.1 Å². The number of esters is 1. The van der Waals surface area contributed by atoms with Gasteiger partial charge in [0.2, 0.25) is 5.91 Å². The number of amides is 2. The summed E-state index contributed by atoms with van der Waals surface area (Å²) in [5, 5.41) is 1.90. The highest BCUT2D eigenvalue weighted by atomic mass is 32.1. The number of aryl methyl sites for hydroxylation is 1. The highest BCUT2D eigenvalue weighted by Crippen LogP contribution is 2.24. The van der Waals surface area contributed by atoms with E-state index in [-0.39, 0.29) is 30.1 Å². The Hall–Kier alpha value is -3.45. The minimum Gasteiger partial charge on any atom is -0.466 e. The van der Waals surface area contributed by atoms with Gasteiger partial charge in [0.25, 0.3) is 5.91 Å². The van der Waals surface area contributed by atoms with Gasteiger partial charge in [-0.2, -0.15) is 0 Å². The zero-order valence-electron chi connectivity index (χ0n) is 20.8. The largest absolute Gasteiger partial charge is 0.466 e. The maximum absolute atomic E-state index is 13.3. The van der Waals surface area contributed by atoms with Crippen molar-refractivity contribution in [1.29, 1.82) is 0 Å². The van der Waals surface area contributed by atoms with Crippen LogP contribution in [0.3, 0.4) is 0 Å². The molecule has 1 aliphatic heterocycles. The van der Waals surface area contributed by atoms with Crippen LogP contribution in [0.25, 0.3) is 0 Å². The van der Waals surface area contributed by atoms with E-state index in [2.05, 4.69) is 6.07 Å². The molecule has 4 rings (SSSR count). The first-order valence-electron chi connectivity index (χ1n) is 12.4. The first-order chi connectivity index (χ1) is 17.4. The highest BCUT2D eigenvalue weighted by Gasteiger charge is 2.29. The Morgan fingerprint density at radius 1 is 1.06 bits per heavy atom. The molecule has 3 aromatic rings. The number of nitrogens with zero attached hydrogens (tertiary/aromatic N) is 2. The van der Waals surface area contributed by atoms with Crippen molar-refractivity contribution in [2.24, 2.45) is 5.92 Å².